The molecule has 0 spiro atoms. The van der Waals surface area contributed by atoms with E-state index in [0.29, 0.717) is 16.1 Å². The van der Waals surface area contributed by atoms with Crippen molar-refractivity contribution in [3.8, 4) is 0 Å². The number of carbonyl (C=O) groups excluding carboxylic acids is 1. The Bertz CT molecular complexity index is 1380. The van der Waals surface area contributed by atoms with Crippen molar-refractivity contribution in [1.29, 1.82) is 0 Å². The van der Waals surface area contributed by atoms with E-state index >= 15 is 0 Å². The van der Waals surface area contributed by atoms with Gasteiger partial charge in [0.2, 0.25) is 5.91 Å². The Morgan fingerprint density at radius 1 is 1.09 bits per heavy atom. The first-order valence-electron chi connectivity index (χ1n) is 9.98. The van der Waals surface area contributed by atoms with Gasteiger partial charge >= 0.3 is 5.97 Å². The Morgan fingerprint density at radius 3 is 2.41 bits per heavy atom. The number of anilines is 1. The summed E-state index contributed by atoms with van der Waals surface area (Å²) in [6.45, 7) is 8.18. The molecule has 2 N–H and O–H groups in total. The fourth-order valence-electron chi connectivity index (χ4n) is 3.19. The van der Waals surface area contributed by atoms with E-state index in [9.17, 15) is 18.0 Å². The van der Waals surface area contributed by atoms with E-state index in [2.05, 4.69) is 10.2 Å². The van der Waals surface area contributed by atoms with Crippen molar-refractivity contribution in [3.63, 3.8) is 0 Å². The summed E-state index contributed by atoms with van der Waals surface area (Å²) in [4.78, 5) is 27.1. The van der Waals surface area contributed by atoms with Crippen molar-refractivity contribution in [2.75, 3.05) is 10.8 Å². The highest BCUT2D eigenvalue weighted by molar-refractivity contribution is 7.92. The number of benzene rings is 3. The number of rotatable bonds is 8. The number of sulfonamides is 1. The number of halogens is 1. The molecule has 0 aliphatic carbocycles. The maximum atomic E-state index is 13.5. The highest BCUT2D eigenvalue weighted by atomic mass is 35.5. The van der Waals surface area contributed by atoms with E-state index in [1.807, 2.05) is 0 Å². The largest absolute Gasteiger partial charge is 0.478 e. The molecule has 0 saturated heterocycles. The fraction of sp³-hybridized carbons (Fsp3) is 0.125. The minimum absolute atomic E-state index is 0.0159. The van der Waals surface area contributed by atoms with Gasteiger partial charge in [0.15, 0.2) is 5.69 Å². The van der Waals surface area contributed by atoms with E-state index in [1.165, 1.54) is 36.4 Å². The molecule has 0 radical (unpaired) electrons. The van der Waals surface area contributed by atoms with E-state index < -0.39 is 28.4 Å². The normalized spacial score (nSPS) is 10.9. The standard InChI is InChI=1S/C24H20ClN3O5S/c1-16-21(25)7-4-8-22(16)28(34(32,33)20-11-9-19(26-2)10-12-20)15-23(29)27-14-17-5-3-6-18(13-17)24(30)31/h3-13H,14-15H2,1H3,(H,27,29)(H,30,31). The van der Waals surface area contributed by atoms with Crippen LogP contribution in [0.15, 0.2) is 71.6 Å². The minimum Gasteiger partial charge on any atom is -0.478 e. The smallest absolute Gasteiger partial charge is 0.335 e. The van der Waals surface area contributed by atoms with Crippen molar-refractivity contribution in [2.24, 2.45) is 0 Å². The molecule has 10 heteroatoms. The lowest BCUT2D eigenvalue weighted by Gasteiger charge is -2.26. The predicted molar refractivity (Wildman–Crippen MR) is 129 cm³/mol. The highest BCUT2D eigenvalue weighted by Gasteiger charge is 2.28. The van der Waals surface area contributed by atoms with Crippen molar-refractivity contribution >= 4 is 44.9 Å². The van der Waals surface area contributed by atoms with E-state index in [1.54, 1.807) is 37.3 Å². The number of carboxylic acid groups (broad SMARTS) is 1. The second-order valence-corrected chi connectivity index (χ2v) is 9.55. The monoisotopic (exact) mass is 497 g/mol. The first-order chi connectivity index (χ1) is 16.1. The van der Waals surface area contributed by atoms with Crippen LogP contribution in [0.3, 0.4) is 0 Å². The molecule has 3 aromatic rings. The first kappa shape index (κ1) is 24.8. The third kappa shape index (κ3) is 5.54. The van der Waals surface area contributed by atoms with Crippen LogP contribution in [-0.4, -0.2) is 31.9 Å². The Balaban J connectivity index is 1.90. The average Bonchev–Trinajstić information content (AvgIpc) is 2.83. The molecule has 0 aliphatic heterocycles. The number of nitrogens with one attached hydrogen (secondary N) is 1. The van der Waals surface area contributed by atoms with Crippen molar-refractivity contribution in [2.45, 2.75) is 18.4 Å². The minimum atomic E-state index is -4.18. The molecule has 174 valence electrons. The van der Waals surface area contributed by atoms with Crippen molar-refractivity contribution < 1.29 is 23.1 Å². The van der Waals surface area contributed by atoms with Gasteiger partial charge in [-0.3, -0.25) is 9.10 Å². The SMILES string of the molecule is [C-]#[N+]c1ccc(S(=O)(=O)N(CC(=O)NCc2cccc(C(=O)O)c2)c2cccc(Cl)c2C)cc1. The summed E-state index contributed by atoms with van der Waals surface area (Å²) in [7, 11) is -4.18. The molecule has 0 aromatic heterocycles. The van der Waals surface area contributed by atoms with Crippen LogP contribution in [0.4, 0.5) is 11.4 Å². The van der Waals surface area contributed by atoms with Gasteiger partial charge in [-0.1, -0.05) is 54.1 Å². The van der Waals surface area contributed by atoms with Crippen LogP contribution < -0.4 is 9.62 Å². The number of carboxylic acids is 1. The predicted octanol–water partition coefficient (Wildman–Crippen LogP) is 4.41. The summed E-state index contributed by atoms with van der Waals surface area (Å²) < 4.78 is 27.9. The molecular weight excluding hydrogens is 478 g/mol. The van der Waals surface area contributed by atoms with Crippen molar-refractivity contribution in [1.82, 2.24) is 5.32 Å². The number of amides is 1. The number of aromatic carboxylic acids is 1. The van der Waals surface area contributed by atoms with Gasteiger partial charge in [0.05, 0.1) is 22.7 Å². The Kier molecular flexibility index (Phi) is 7.56. The van der Waals surface area contributed by atoms with Crippen LogP contribution in [0, 0.1) is 13.5 Å². The molecule has 0 atom stereocenters. The zero-order chi connectivity index (χ0) is 24.9. The second kappa shape index (κ2) is 10.4. The quantitative estimate of drug-likeness (QED) is 0.448. The van der Waals surface area contributed by atoms with Gasteiger partial charge in [-0.2, -0.15) is 0 Å². The Hall–Kier alpha value is -3.87. The lowest BCUT2D eigenvalue weighted by atomic mass is 10.1. The van der Waals surface area contributed by atoms with Crippen LogP contribution >= 0.6 is 11.6 Å². The summed E-state index contributed by atoms with van der Waals surface area (Å²) >= 11 is 6.21. The summed E-state index contributed by atoms with van der Waals surface area (Å²) in [5.41, 5.74) is 1.63. The number of nitrogens with zero attached hydrogens (tertiary/aromatic N) is 2. The van der Waals surface area contributed by atoms with Gasteiger partial charge < -0.3 is 10.4 Å². The van der Waals surface area contributed by atoms with Crippen LogP contribution in [-0.2, 0) is 21.4 Å². The van der Waals surface area contributed by atoms with E-state index in [4.69, 9.17) is 23.3 Å². The summed E-state index contributed by atoms with van der Waals surface area (Å²) in [5.74, 6) is -1.69. The molecule has 1 amide bonds. The maximum absolute atomic E-state index is 13.5. The molecule has 3 rings (SSSR count). The van der Waals surface area contributed by atoms with E-state index in [0.717, 1.165) is 4.31 Å². The summed E-state index contributed by atoms with van der Waals surface area (Å²) in [5, 5.41) is 12.1. The number of hydrogen-bond donors (Lipinski definition) is 2. The van der Waals surface area contributed by atoms with Gasteiger partial charge in [-0.05, 0) is 42.3 Å². The molecule has 0 aliphatic rings. The maximum Gasteiger partial charge on any atom is 0.335 e. The lowest BCUT2D eigenvalue weighted by Crippen LogP contribution is -2.41. The molecule has 34 heavy (non-hydrogen) atoms. The molecule has 0 heterocycles. The first-order valence-corrected chi connectivity index (χ1v) is 11.8. The van der Waals surface area contributed by atoms with Crippen molar-refractivity contribution in [3.05, 3.63) is 99.9 Å². The second-order valence-electron chi connectivity index (χ2n) is 7.28. The van der Waals surface area contributed by atoms with Crippen LogP contribution in [0.2, 0.25) is 5.02 Å². The third-order valence-electron chi connectivity index (χ3n) is 5.01. The summed E-state index contributed by atoms with van der Waals surface area (Å²) in [6, 6.07) is 16.2. The Labute approximate surface area is 202 Å². The van der Waals surface area contributed by atoms with Gasteiger partial charge in [-0.25, -0.2) is 18.1 Å². The van der Waals surface area contributed by atoms with Crippen LogP contribution in [0.25, 0.3) is 4.85 Å². The number of carbonyl (C=O) groups is 2. The third-order valence-corrected chi connectivity index (χ3v) is 7.20. The van der Waals surface area contributed by atoms with E-state index in [-0.39, 0.29) is 28.4 Å². The molecule has 0 unspecified atom stereocenters. The molecule has 0 bridgehead atoms. The van der Waals surface area contributed by atoms with Gasteiger partial charge in [0, 0.05) is 11.6 Å². The topological polar surface area (TPSA) is 108 Å². The van der Waals surface area contributed by atoms with Gasteiger partial charge in [0.25, 0.3) is 10.0 Å². The van der Waals surface area contributed by atoms with Crippen LogP contribution in [0.1, 0.15) is 21.5 Å². The molecule has 3 aromatic carbocycles. The summed E-state index contributed by atoms with van der Waals surface area (Å²) in [6.07, 6.45) is 0. The zero-order valence-electron chi connectivity index (χ0n) is 18.0. The molecule has 8 nitrogen and oxygen atoms in total. The molecule has 0 fully saturated rings. The van der Waals surface area contributed by atoms with Gasteiger partial charge in [-0.15, -0.1) is 0 Å². The highest BCUT2D eigenvalue weighted by Crippen LogP contribution is 2.31. The average molecular weight is 498 g/mol. The van der Waals surface area contributed by atoms with Crippen LogP contribution in [0.5, 0.6) is 0 Å². The Morgan fingerprint density at radius 2 is 1.76 bits per heavy atom. The molecule has 0 saturated carbocycles. The van der Waals surface area contributed by atoms with Gasteiger partial charge in [0.1, 0.15) is 6.54 Å². The number of hydrogen-bond acceptors (Lipinski definition) is 4. The molecular formula is C24H20ClN3O5S. The zero-order valence-corrected chi connectivity index (χ0v) is 19.6. The fourth-order valence-corrected chi connectivity index (χ4v) is 4.84. The lowest BCUT2D eigenvalue weighted by molar-refractivity contribution is -0.119.